The highest BCUT2D eigenvalue weighted by Crippen LogP contribution is 2.32. The van der Waals surface area contributed by atoms with Crippen molar-refractivity contribution in [3.05, 3.63) is 72.2 Å². The van der Waals surface area contributed by atoms with E-state index < -0.39 is 0 Å². The number of para-hydroxylation sites is 1. The maximum absolute atomic E-state index is 4.78. The summed E-state index contributed by atoms with van der Waals surface area (Å²) >= 11 is 3.44. The van der Waals surface area contributed by atoms with Crippen LogP contribution in [0, 0.1) is 0 Å². The van der Waals surface area contributed by atoms with E-state index in [9.17, 15) is 0 Å². The van der Waals surface area contributed by atoms with Crippen molar-refractivity contribution in [3.63, 3.8) is 0 Å². The normalized spacial score (nSPS) is 11.6. The van der Waals surface area contributed by atoms with Gasteiger partial charge in [-0.15, -0.1) is 10.2 Å². The second-order valence-corrected chi connectivity index (χ2v) is 8.32. The topological polar surface area (TPSA) is 58.9 Å². The largest absolute Gasteiger partial charge is 0.360 e. The number of benzene rings is 2. The van der Waals surface area contributed by atoms with E-state index in [0.29, 0.717) is 0 Å². The van der Waals surface area contributed by atoms with E-state index in [4.69, 9.17) is 5.10 Å². The number of hydrogen-bond acceptors (Lipinski definition) is 5. The highest BCUT2D eigenvalue weighted by atomic mass is 32.2. The average Bonchev–Trinajstić information content (AvgIpc) is 3.40. The Labute approximate surface area is 164 Å². The number of aromatic amines is 1. The quantitative estimate of drug-likeness (QED) is 0.422. The first-order valence-electron chi connectivity index (χ1n) is 8.78. The summed E-state index contributed by atoms with van der Waals surface area (Å²) in [5.74, 6) is 2.77. The van der Waals surface area contributed by atoms with E-state index in [0.717, 1.165) is 44.8 Å². The van der Waals surface area contributed by atoms with Gasteiger partial charge in [-0.1, -0.05) is 59.9 Å². The Balaban J connectivity index is 1.33. The van der Waals surface area contributed by atoms with E-state index in [1.54, 1.807) is 11.3 Å². The number of H-pyrrole nitrogens is 1. The molecule has 7 heteroatoms. The zero-order valence-corrected chi connectivity index (χ0v) is 16.1. The molecule has 0 spiro atoms. The first-order valence-corrected chi connectivity index (χ1v) is 10.7. The second-order valence-electron chi connectivity index (χ2n) is 6.25. The Morgan fingerprint density at radius 3 is 2.78 bits per heavy atom. The third-order valence-electron chi connectivity index (χ3n) is 4.48. The number of nitrogens with zero attached hydrogens (tertiary/aromatic N) is 4. The Hall–Kier alpha value is -2.64. The highest BCUT2D eigenvalue weighted by molar-refractivity contribution is 7.98. The molecule has 5 aromatic rings. The van der Waals surface area contributed by atoms with Crippen molar-refractivity contribution in [3.8, 4) is 10.6 Å². The van der Waals surface area contributed by atoms with Crippen LogP contribution in [-0.2, 0) is 12.2 Å². The Kier molecular flexibility index (Phi) is 4.39. The SMILES string of the molecule is c1ccc(CCSCc2nnc3sc(-c4c[nH]c5ccccc45)nn23)cc1. The van der Waals surface area contributed by atoms with E-state index in [1.807, 2.05) is 28.5 Å². The van der Waals surface area contributed by atoms with Crippen LogP contribution in [0.3, 0.4) is 0 Å². The molecule has 3 aromatic heterocycles. The first-order chi connectivity index (χ1) is 13.4. The van der Waals surface area contributed by atoms with Crippen LogP contribution in [0.5, 0.6) is 0 Å². The molecule has 2 aromatic carbocycles. The van der Waals surface area contributed by atoms with Crippen molar-refractivity contribution in [2.45, 2.75) is 12.2 Å². The third-order valence-corrected chi connectivity index (χ3v) is 6.37. The van der Waals surface area contributed by atoms with Crippen molar-refractivity contribution in [2.24, 2.45) is 0 Å². The van der Waals surface area contributed by atoms with Crippen molar-refractivity contribution < 1.29 is 0 Å². The molecule has 0 saturated carbocycles. The fourth-order valence-corrected chi connectivity index (χ4v) is 4.88. The van der Waals surface area contributed by atoms with Gasteiger partial charge in [0.05, 0.1) is 5.75 Å². The minimum atomic E-state index is 0.811. The summed E-state index contributed by atoms with van der Waals surface area (Å²) in [4.78, 5) is 4.15. The van der Waals surface area contributed by atoms with Crippen LogP contribution in [0.4, 0.5) is 0 Å². The summed E-state index contributed by atoms with van der Waals surface area (Å²) < 4.78 is 1.89. The molecular formula is C20H17N5S2. The molecule has 0 saturated heterocycles. The molecule has 0 aliphatic rings. The molecule has 0 aliphatic heterocycles. The number of fused-ring (bicyclic) bond motifs is 2. The molecule has 5 nitrogen and oxygen atoms in total. The van der Waals surface area contributed by atoms with Crippen molar-refractivity contribution in [1.82, 2.24) is 24.8 Å². The summed E-state index contributed by atoms with van der Waals surface area (Å²) in [6.07, 6.45) is 3.08. The van der Waals surface area contributed by atoms with Gasteiger partial charge in [-0.05, 0) is 23.8 Å². The number of thioether (sulfide) groups is 1. The molecule has 3 heterocycles. The zero-order chi connectivity index (χ0) is 18.1. The number of aryl methyl sites for hydroxylation is 1. The molecular weight excluding hydrogens is 374 g/mol. The van der Waals surface area contributed by atoms with Gasteiger partial charge in [0.2, 0.25) is 4.96 Å². The maximum Gasteiger partial charge on any atom is 0.235 e. The smallest absolute Gasteiger partial charge is 0.235 e. The van der Waals surface area contributed by atoms with Crippen LogP contribution in [0.2, 0.25) is 0 Å². The average molecular weight is 392 g/mol. The summed E-state index contributed by atoms with van der Waals surface area (Å²) in [6, 6.07) is 18.8. The van der Waals surface area contributed by atoms with Gasteiger partial charge in [0.1, 0.15) is 5.01 Å². The Bertz CT molecular complexity index is 1190. The molecule has 0 amide bonds. The van der Waals surface area contributed by atoms with Crippen LogP contribution in [-0.4, -0.2) is 30.5 Å². The molecule has 1 N–H and O–H groups in total. The molecule has 134 valence electrons. The summed E-state index contributed by atoms with van der Waals surface area (Å²) in [7, 11) is 0. The van der Waals surface area contributed by atoms with E-state index >= 15 is 0 Å². The van der Waals surface area contributed by atoms with E-state index in [1.165, 1.54) is 10.9 Å². The fourth-order valence-electron chi connectivity index (χ4n) is 3.10. The zero-order valence-electron chi connectivity index (χ0n) is 14.5. The minimum absolute atomic E-state index is 0.811. The lowest BCUT2D eigenvalue weighted by Gasteiger charge is -2.00. The number of hydrogen-bond donors (Lipinski definition) is 1. The van der Waals surface area contributed by atoms with Gasteiger partial charge in [-0.2, -0.15) is 21.4 Å². The predicted molar refractivity (Wildman–Crippen MR) is 112 cm³/mol. The summed E-state index contributed by atoms with van der Waals surface area (Å²) in [5.41, 5.74) is 3.60. The monoisotopic (exact) mass is 391 g/mol. The molecule has 27 heavy (non-hydrogen) atoms. The molecule has 0 unspecified atom stereocenters. The van der Waals surface area contributed by atoms with Gasteiger partial charge >= 0.3 is 0 Å². The number of nitrogens with one attached hydrogen (secondary N) is 1. The van der Waals surface area contributed by atoms with E-state index in [-0.39, 0.29) is 0 Å². The summed E-state index contributed by atoms with van der Waals surface area (Å²) in [5, 5.41) is 15.6. The van der Waals surface area contributed by atoms with Gasteiger partial charge in [0.15, 0.2) is 5.82 Å². The lowest BCUT2D eigenvalue weighted by atomic mass is 10.2. The Morgan fingerprint density at radius 2 is 1.85 bits per heavy atom. The highest BCUT2D eigenvalue weighted by Gasteiger charge is 2.15. The second kappa shape index (κ2) is 7.17. The third kappa shape index (κ3) is 3.24. The number of rotatable bonds is 6. The number of aromatic nitrogens is 5. The molecule has 5 rings (SSSR count). The molecule has 0 fully saturated rings. The van der Waals surface area contributed by atoms with E-state index in [2.05, 4.69) is 63.7 Å². The minimum Gasteiger partial charge on any atom is -0.360 e. The van der Waals surface area contributed by atoms with Gasteiger partial charge in [-0.25, -0.2) is 0 Å². The molecule has 0 bridgehead atoms. The first kappa shape index (κ1) is 16.5. The Morgan fingerprint density at radius 1 is 1.00 bits per heavy atom. The van der Waals surface area contributed by atoms with Crippen LogP contribution in [0.1, 0.15) is 11.4 Å². The lowest BCUT2D eigenvalue weighted by Crippen LogP contribution is -1.96. The summed E-state index contributed by atoms with van der Waals surface area (Å²) in [6.45, 7) is 0. The fraction of sp³-hybridized carbons (Fsp3) is 0.150. The molecule has 0 radical (unpaired) electrons. The van der Waals surface area contributed by atoms with Crippen LogP contribution < -0.4 is 0 Å². The standard InChI is InChI=1S/C20H17N5S2/c1-2-6-14(7-3-1)10-11-26-13-18-22-23-20-25(18)24-19(27-20)16-12-21-17-9-5-4-8-15(16)17/h1-9,12,21H,10-11,13H2. The van der Waals surface area contributed by atoms with Crippen molar-refractivity contribution in [2.75, 3.05) is 5.75 Å². The van der Waals surface area contributed by atoms with Crippen LogP contribution >= 0.6 is 23.1 Å². The molecule has 0 atom stereocenters. The van der Waals surface area contributed by atoms with Gasteiger partial charge in [0.25, 0.3) is 0 Å². The molecule has 0 aliphatic carbocycles. The van der Waals surface area contributed by atoms with Gasteiger partial charge < -0.3 is 4.98 Å². The predicted octanol–water partition coefficient (Wildman–Crippen LogP) is 4.81. The van der Waals surface area contributed by atoms with Crippen molar-refractivity contribution in [1.29, 1.82) is 0 Å². The van der Waals surface area contributed by atoms with Crippen LogP contribution in [0.15, 0.2) is 60.8 Å². The lowest BCUT2D eigenvalue weighted by molar-refractivity contribution is 0.887. The van der Waals surface area contributed by atoms with Gasteiger partial charge in [-0.3, -0.25) is 0 Å². The van der Waals surface area contributed by atoms with Crippen molar-refractivity contribution >= 4 is 39.0 Å². The van der Waals surface area contributed by atoms with Gasteiger partial charge in [0, 0.05) is 22.7 Å². The van der Waals surface area contributed by atoms with Crippen LogP contribution in [0.25, 0.3) is 26.4 Å². The maximum atomic E-state index is 4.78.